The van der Waals surface area contributed by atoms with Crippen LogP contribution in [0.4, 0.5) is 0 Å². The molecule has 0 aromatic rings. The van der Waals surface area contributed by atoms with E-state index in [1.54, 1.807) is 0 Å². The van der Waals surface area contributed by atoms with Crippen LogP contribution in [-0.4, -0.2) is 5.54 Å². The number of rotatable bonds is 3. The third-order valence-electron chi connectivity index (χ3n) is 6.11. The lowest BCUT2D eigenvalue weighted by atomic mass is 9.68. The summed E-state index contributed by atoms with van der Waals surface area (Å²) in [7, 11) is 0. The average Bonchev–Trinajstić information content (AvgIpc) is 2.86. The first-order chi connectivity index (χ1) is 7.64. The molecule has 6 unspecified atom stereocenters. The Morgan fingerprint density at radius 3 is 2.81 bits per heavy atom. The molecule has 0 saturated heterocycles. The van der Waals surface area contributed by atoms with E-state index in [0.717, 1.165) is 29.6 Å². The minimum atomic E-state index is 0.228. The van der Waals surface area contributed by atoms with Gasteiger partial charge >= 0.3 is 0 Å². The Labute approximate surface area is 100 Å². The number of nitrogens with two attached hydrogens (primary N) is 1. The predicted molar refractivity (Wildman–Crippen MR) is 68.0 cm³/mol. The van der Waals surface area contributed by atoms with Crippen molar-refractivity contribution in [1.29, 1.82) is 0 Å². The van der Waals surface area contributed by atoms with E-state index in [9.17, 15) is 0 Å². The van der Waals surface area contributed by atoms with Crippen molar-refractivity contribution in [3.05, 3.63) is 0 Å². The van der Waals surface area contributed by atoms with Gasteiger partial charge in [0.2, 0.25) is 0 Å². The van der Waals surface area contributed by atoms with Gasteiger partial charge in [-0.25, -0.2) is 0 Å². The summed E-state index contributed by atoms with van der Waals surface area (Å²) < 4.78 is 0. The average molecular weight is 221 g/mol. The van der Waals surface area contributed by atoms with Crippen molar-refractivity contribution >= 4 is 0 Å². The van der Waals surface area contributed by atoms with Crippen molar-refractivity contribution in [2.45, 2.75) is 64.3 Å². The van der Waals surface area contributed by atoms with Crippen LogP contribution < -0.4 is 5.73 Å². The molecule has 0 heterocycles. The van der Waals surface area contributed by atoms with E-state index in [1.165, 1.54) is 44.9 Å². The smallest absolute Gasteiger partial charge is 0.0191 e. The molecule has 0 aromatic carbocycles. The molecule has 3 fully saturated rings. The molecule has 92 valence electrons. The van der Waals surface area contributed by atoms with Gasteiger partial charge in [-0.2, -0.15) is 0 Å². The van der Waals surface area contributed by atoms with Gasteiger partial charge in [-0.3, -0.25) is 0 Å². The van der Waals surface area contributed by atoms with Crippen molar-refractivity contribution < 1.29 is 0 Å². The summed E-state index contributed by atoms with van der Waals surface area (Å²) in [5.41, 5.74) is 7.00. The van der Waals surface area contributed by atoms with Gasteiger partial charge < -0.3 is 5.73 Å². The van der Waals surface area contributed by atoms with Crippen LogP contribution in [0.15, 0.2) is 0 Å². The lowest BCUT2D eigenvalue weighted by Crippen LogP contribution is -2.50. The van der Waals surface area contributed by atoms with Gasteiger partial charge in [0, 0.05) is 5.54 Å². The summed E-state index contributed by atoms with van der Waals surface area (Å²) in [4.78, 5) is 0. The Hall–Kier alpha value is -0.0400. The second-order valence-electron chi connectivity index (χ2n) is 7.02. The van der Waals surface area contributed by atoms with Gasteiger partial charge in [0.25, 0.3) is 0 Å². The van der Waals surface area contributed by atoms with Crippen LogP contribution in [0, 0.1) is 29.6 Å². The van der Waals surface area contributed by atoms with Gasteiger partial charge in [-0.05, 0) is 61.7 Å². The third kappa shape index (κ3) is 1.47. The molecule has 6 atom stereocenters. The fraction of sp³-hybridized carbons (Fsp3) is 1.00. The van der Waals surface area contributed by atoms with Gasteiger partial charge in [0.1, 0.15) is 0 Å². The number of fused-ring (bicyclic) bond motifs is 5. The zero-order valence-corrected chi connectivity index (χ0v) is 10.9. The van der Waals surface area contributed by atoms with Crippen LogP contribution >= 0.6 is 0 Å². The minimum absolute atomic E-state index is 0.228. The lowest BCUT2D eigenvalue weighted by molar-refractivity contribution is 0.132. The molecule has 3 rings (SSSR count). The van der Waals surface area contributed by atoms with Crippen LogP contribution in [0.1, 0.15) is 58.8 Å². The van der Waals surface area contributed by atoms with E-state index >= 15 is 0 Å². The van der Waals surface area contributed by atoms with E-state index in [1.807, 2.05) is 0 Å². The van der Waals surface area contributed by atoms with Crippen LogP contribution in [0.2, 0.25) is 0 Å². The molecule has 2 bridgehead atoms. The largest absolute Gasteiger partial charge is 0.325 e. The van der Waals surface area contributed by atoms with Crippen molar-refractivity contribution in [3.8, 4) is 0 Å². The summed E-state index contributed by atoms with van der Waals surface area (Å²) in [6.45, 7) is 4.69. The maximum atomic E-state index is 6.78. The fourth-order valence-electron chi connectivity index (χ4n) is 5.34. The zero-order chi connectivity index (χ0) is 11.3. The molecule has 2 N–H and O–H groups in total. The van der Waals surface area contributed by atoms with Crippen LogP contribution in [0.25, 0.3) is 0 Å². The lowest BCUT2D eigenvalue weighted by Gasteiger charge is -2.41. The topological polar surface area (TPSA) is 26.0 Å². The molecule has 1 nitrogen and oxygen atoms in total. The first-order valence-electron chi connectivity index (χ1n) is 7.43. The molecule has 3 aliphatic rings. The highest BCUT2D eigenvalue weighted by Gasteiger charge is 2.59. The van der Waals surface area contributed by atoms with Crippen molar-refractivity contribution in [2.24, 2.45) is 35.3 Å². The minimum Gasteiger partial charge on any atom is -0.325 e. The summed E-state index contributed by atoms with van der Waals surface area (Å²) in [5.74, 6) is 4.82. The molecule has 0 radical (unpaired) electrons. The monoisotopic (exact) mass is 221 g/mol. The van der Waals surface area contributed by atoms with E-state index < -0.39 is 0 Å². The van der Waals surface area contributed by atoms with Crippen molar-refractivity contribution in [1.82, 2.24) is 0 Å². The highest BCUT2D eigenvalue weighted by Crippen LogP contribution is 2.62. The van der Waals surface area contributed by atoms with Crippen molar-refractivity contribution in [2.75, 3.05) is 0 Å². The molecule has 0 amide bonds. The standard InChI is InChI=1S/C15H27N/c1-3-10(2)8-15(16)9-11-7-14(15)13-6-4-5-12(11)13/h10-14H,3-9,16H2,1-2H3. The normalized spacial score (nSPS) is 51.9. The first-order valence-corrected chi connectivity index (χ1v) is 7.43. The highest BCUT2D eigenvalue weighted by atomic mass is 14.8. The first kappa shape index (κ1) is 11.1. The van der Waals surface area contributed by atoms with Gasteiger partial charge in [-0.15, -0.1) is 0 Å². The SMILES string of the molecule is CCC(C)CC1(N)CC2CC1C1CCCC21. The van der Waals surface area contributed by atoms with E-state index in [2.05, 4.69) is 13.8 Å². The zero-order valence-electron chi connectivity index (χ0n) is 10.9. The number of hydrogen-bond acceptors (Lipinski definition) is 1. The predicted octanol–water partition coefficient (Wildman–Crippen LogP) is 3.58. The molecule has 0 aliphatic heterocycles. The van der Waals surface area contributed by atoms with Gasteiger partial charge in [0.05, 0.1) is 0 Å². The van der Waals surface area contributed by atoms with Crippen LogP contribution in [-0.2, 0) is 0 Å². The van der Waals surface area contributed by atoms with Crippen LogP contribution in [0.5, 0.6) is 0 Å². The van der Waals surface area contributed by atoms with Crippen LogP contribution in [0.3, 0.4) is 0 Å². The van der Waals surface area contributed by atoms with Crippen molar-refractivity contribution in [3.63, 3.8) is 0 Å². The molecular formula is C15H27N. The Balaban J connectivity index is 1.75. The summed E-state index contributed by atoms with van der Waals surface area (Å²) >= 11 is 0. The molecule has 16 heavy (non-hydrogen) atoms. The molecule has 3 saturated carbocycles. The molecule has 0 aromatic heterocycles. The Morgan fingerprint density at radius 2 is 2.06 bits per heavy atom. The summed E-state index contributed by atoms with van der Waals surface area (Å²) in [5, 5.41) is 0. The molecular weight excluding hydrogens is 194 g/mol. The Bertz CT molecular complexity index is 275. The fourth-order valence-corrected chi connectivity index (χ4v) is 5.34. The Morgan fingerprint density at radius 1 is 1.31 bits per heavy atom. The summed E-state index contributed by atoms with van der Waals surface area (Å²) in [6.07, 6.45) is 9.90. The van der Waals surface area contributed by atoms with E-state index in [0.29, 0.717) is 0 Å². The second-order valence-corrected chi connectivity index (χ2v) is 7.02. The van der Waals surface area contributed by atoms with E-state index in [4.69, 9.17) is 5.73 Å². The Kier molecular flexibility index (Phi) is 2.58. The second kappa shape index (κ2) is 3.73. The summed E-state index contributed by atoms with van der Waals surface area (Å²) in [6, 6.07) is 0. The maximum Gasteiger partial charge on any atom is 0.0191 e. The maximum absolute atomic E-state index is 6.78. The quantitative estimate of drug-likeness (QED) is 0.774. The molecule has 1 heteroatoms. The van der Waals surface area contributed by atoms with Gasteiger partial charge in [-0.1, -0.05) is 26.7 Å². The van der Waals surface area contributed by atoms with Gasteiger partial charge in [0.15, 0.2) is 0 Å². The van der Waals surface area contributed by atoms with E-state index in [-0.39, 0.29) is 5.54 Å². The highest BCUT2D eigenvalue weighted by molar-refractivity contribution is 5.12. The molecule has 3 aliphatic carbocycles. The number of hydrogen-bond donors (Lipinski definition) is 1. The molecule has 0 spiro atoms. The third-order valence-corrected chi connectivity index (χ3v) is 6.11.